The molecular formula is C84H50N4O3S3. The third kappa shape index (κ3) is 9.05. The van der Waals surface area contributed by atoms with Crippen molar-refractivity contribution in [1.82, 2.24) is 0 Å². The van der Waals surface area contributed by atoms with Gasteiger partial charge < -0.3 is 34.5 Å². The van der Waals surface area contributed by atoms with E-state index in [-0.39, 0.29) is 0 Å². The highest BCUT2D eigenvalue weighted by atomic mass is 32.1. The minimum atomic E-state index is 0.838. The van der Waals surface area contributed by atoms with Crippen LogP contribution in [-0.2, 0) is 0 Å². The number of anilines is 8. The Balaban J connectivity index is 0.602. The molecule has 0 aliphatic heterocycles. The fourth-order valence-corrected chi connectivity index (χ4v) is 17.3. The maximum atomic E-state index is 6.66. The van der Waals surface area contributed by atoms with Crippen molar-refractivity contribution < 1.29 is 13.3 Å². The summed E-state index contributed by atoms with van der Waals surface area (Å²) in [7, 11) is 0. The first-order valence-corrected chi connectivity index (χ1v) is 33.8. The van der Waals surface area contributed by atoms with Gasteiger partial charge in [-0.1, -0.05) is 103 Å². The highest BCUT2D eigenvalue weighted by molar-refractivity contribution is 7.26. The Morgan fingerprint density at radius 2 is 0.489 bits per heavy atom. The zero-order valence-electron chi connectivity index (χ0n) is 50.0. The molecule has 7 nitrogen and oxygen atoms in total. The average molecular weight is 1260 g/mol. The molecule has 0 aliphatic rings. The van der Waals surface area contributed by atoms with Gasteiger partial charge in [0.25, 0.3) is 0 Å². The molecule has 10 heteroatoms. The van der Waals surface area contributed by atoms with E-state index < -0.39 is 0 Å². The second kappa shape index (κ2) is 20.9. The summed E-state index contributed by atoms with van der Waals surface area (Å²) < 4.78 is 26.7. The van der Waals surface area contributed by atoms with Crippen LogP contribution in [0.2, 0.25) is 0 Å². The third-order valence-corrected chi connectivity index (χ3v) is 21.9. The number of furan rings is 3. The topological polar surface area (TPSA) is 87.5 Å². The van der Waals surface area contributed by atoms with Crippen molar-refractivity contribution in [1.29, 1.82) is 0 Å². The lowest BCUT2D eigenvalue weighted by Gasteiger charge is -2.14. The standard InChI is InChI=1S/C84H50N4O3S3/c1-5-13-73-61(9-1)67-37-47(19-27-75(67)89-73)51-33-59(87-55-23-31-82-71(45-55)65-12-4-8-16-80(65)93-82)42-60(34-51)88-56-24-32-83-72(46-56)66-26-18-50(40-84(66)94-83)49-17-25-63-69-44-54(22-29-77(69)91-78(63)39-49)86-58-36-52(48-20-30-81-70(38-48)64-11-3-7-15-79(64)92-81)35-57(41-58)85-53-21-28-76-68(43-53)62-10-2-6-14-74(62)90-76/h1-46,85-88H. The average Bonchev–Trinajstić information content (AvgIpc) is 1.60. The molecule has 0 saturated carbocycles. The predicted molar refractivity (Wildman–Crippen MR) is 402 cm³/mol. The van der Waals surface area contributed by atoms with Crippen LogP contribution >= 0.6 is 34.0 Å². The van der Waals surface area contributed by atoms with E-state index in [4.69, 9.17) is 13.3 Å². The van der Waals surface area contributed by atoms with Gasteiger partial charge in [-0.3, -0.25) is 0 Å². The molecule has 0 radical (unpaired) electrons. The molecule has 94 heavy (non-hydrogen) atoms. The molecule has 6 heterocycles. The molecule has 0 amide bonds. The van der Waals surface area contributed by atoms with Gasteiger partial charge >= 0.3 is 0 Å². The van der Waals surface area contributed by atoms with Crippen molar-refractivity contribution in [3.05, 3.63) is 279 Å². The van der Waals surface area contributed by atoms with Gasteiger partial charge in [0.15, 0.2) is 0 Å². The van der Waals surface area contributed by atoms with Crippen molar-refractivity contribution in [2.45, 2.75) is 0 Å². The number of hydrogen-bond acceptors (Lipinski definition) is 10. The Labute approximate surface area is 549 Å². The first-order chi connectivity index (χ1) is 46.4. The summed E-state index contributed by atoms with van der Waals surface area (Å²) in [5.41, 5.74) is 19.8. The van der Waals surface area contributed by atoms with E-state index in [0.29, 0.717) is 0 Å². The van der Waals surface area contributed by atoms with Gasteiger partial charge in [-0.15, -0.1) is 34.0 Å². The van der Waals surface area contributed by atoms with Crippen LogP contribution in [0.4, 0.5) is 45.5 Å². The van der Waals surface area contributed by atoms with Crippen LogP contribution < -0.4 is 21.3 Å². The molecular weight excluding hydrogens is 1210 g/mol. The molecule has 6 aromatic heterocycles. The Kier molecular flexibility index (Phi) is 11.8. The fourth-order valence-electron chi connectivity index (χ4n) is 14.0. The first kappa shape index (κ1) is 53.0. The smallest absolute Gasteiger partial charge is 0.136 e. The maximum Gasteiger partial charge on any atom is 0.136 e. The summed E-state index contributed by atoms with van der Waals surface area (Å²) >= 11 is 5.49. The quantitative estimate of drug-likeness (QED) is 0.103. The molecule has 0 saturated heterocycles. The number of rotatable bonds is 11. The van der Waals surface area contributed by atoms with Crippen molar-refractivity contribution >= 4 is 206 Å². The number of benzene rings is 14. The molecule has 0 atom stereocenters. The normalized spacial score (nSPS) is 12.0. The third-order valence-electron chi connectivity index (χ3n) is 18.5. The van der Waals surface area contributed by atoms with Crippen molar-refractivity contribution in [3.8, 4) is 33.4 Å². The van der Waals surface area contributed by atoms with E-state index in [1.54, 1.807) is 0 Å². The Morgan fingerprint density at radius 3 is 1.03 bits per heavy atom. The number of para-hydroxylation sites is 2. The molecule has 0 spiro atoms. The van der Waals surface area contributed by atoms with Crippen LogP contribution in [0.1, 0.15) is 0 Å². The molecule has 0 unspecified atom stereocenters. The van der Waals surface area contributed by atoms with Crippen LogP contribution in [0.3, 0.4) is 0 Å². The fraction of sp³-hybridized carbons (Fsp3) is 0. The van der Waals surface area contributed by atoms with E-state index in [2.05, 4.69) is 276 Å². The SMILES string of the molecule is c1ccc2c(c1)oc1ccc(Nc3cc(Nc4ccc5oc6cc(-c7ccc8c(c7)sc7ccc(Nc9cc(Nc%10ccc%11sc%12ccccc%12c%11c%10)cc(-c%10ccc%11oc%12ccccc%12c%11c%10)c9)cc78)ccc6c5c4)cc(-c4ccc5sc6ccccc6c5c4)c3)cc12. The van der Waals surface area contributed by atoms with E-state index in [1.807, 2.05) is 58.3 Å². The van der Waals surface area contributed by atoms with Gasteiger partial charge in [-0.25, -0.2) is 0 Å². The van der Waals surface area contributed by atoms with E-state index >= 15 is 0 Å². The van der Waals surface area contributed by atoms with Gasteiger partial charge in [0.1, 0.15) is 33.5 Å². The first-order valence-electron chi connectivity index (χ1n) is 31.4. The largest absolute Gasteiger partial charge is 0.456 e. The Hall–Kier alpha value is -11.7. The van der Waals surface area contributed by atoms with Gasteiger partial charge in [0, 0.05) is 138 Å². The lowest BCUT2D eigenvalue weighted by molar-refractivity contribution is 0.668. The van der Waals surface area contributed by atoms with Crippen LogP contribution in [0.25, 0.3) is 160 Å². The van der Waals surface area contributed by atoms with Crippen LogP contribution in [0, 0.1) is 0 Å². The minimum Gasteiger partial charge on any atom is -0.456 e. The van der Waals surface area contributed by atoms with Gasteiger partial charge in [-0.2, -0.15) is 0 Å². The number of hydrogen-bond donors (Lipinski definition) is 4. The Bertz CT molecular complexity index is 6140. The van der Waals surface area contributed by atoms with E-state index in [1.165, 1.54) is 60.5 Å². The van der Waals surface area contributed by atoms with Gasteiger partial charge in [0.2, 0.25) is 0 Å². The second-order valence-electron chi connectivity index (χ2n) is 24.4. The van der Waals surface area contributed by atoms with Gasteiger partial charge in [-0.05, 0) is 209 Å². The predicted octanol–water partition coefficient (Wildman–Crippen LogP) is 26.5. The summed E-state index contributed by atoms with van der Waals surface area (Å²) in [5, 5.41) is 29.2. The van der Waals surface area contributed by atoms with E-state index in [9.17, 15) is 0 Å². The monoisotopic (exact) mass is 1260 g/mol. The zero-order valence-corrected chi connectivity index (χ0v) is 52.5. The lowest BCUT2D eigenvalue weighted by atomic mass is 10.0. The van der Waals surface area contributed by atoms with Crippen LogP contribution in [0.15, 0.2) is 292 Å². The second-order valence-corrected chi connectivity index (χ2v) is 27.6. The molecule has 4 N–H and O–H groups in total. The number of thiophene rings is 3. The summed E-state index contributed by atoms with van der Waals surface area (Å²) in [4.78, 5) is 0. The van der Waals surface area contributed by atoms with Crippen molar-refractivity contribution in [2.75, 3.05) is 21.3 Å². The summed E-state index contributed by atoms with van der Waals surface area (Å²) in [5.74, 6) is 0. The Morgan fingerprint density at radius 1 is 0.170 bits per heavy atom. The summed E-state index contributed by atoms with van der Waals surface area (Å²) in [6.07, 6.45) is 0. The molecule has 20 rings (SSSR count). The van der Waals surface area contributed by atoms with Crippen molar-refractivity contribution in [3.63, 3.8) is 0 Å². The number of nitrogens with one attached hydrogen (secondary N) is 4. The molecule has 20 aromatic rings. The van der Waals surface area contributed by atoms with Crippen LogP contribution in [-0.4, -0.2) is 0 Å². The highest BCUT2D eigenvalue weighted by Gasteiger charge is 2.18. The molecule has 0 aliphatic carbocycles. The summed E-state index contributed by atoms with van der Waals surface area (Å²) in [6.45, 7) is 0. The maximum absolute atomic E-state index is 6.66. The molecule has 0 fully saturated rings. The highest BCUT2D eigenvalue weighted by Crippen LogP contribution is 2.45. The number of fused-ring (bicyclic) bond motifs is 18. The summed E-state index contributed by atoms with van der Waals surface area (Å²) in [6, 6.07) is 100. The molecule has 442 valence electrons. The van der Waals surface area contributed by atoms with Gasteiger partial charge in [0.05, 0.1) is 0 Å². The zero-order chi connectivity index (χ0) is 61.5. The van der Waals surface area contributed by atoms with Crippen molar-refractivity contribution in [2.24, 2.45) is 0 Å². The molecule has 14 aromatic carbocycles. The minimum absolute atomic E-state index is 0.838. The van der Waals surface area contributed by atoms with Crippen LogP contribution in [0.5, 0.6) is 0 Å². The molecule has 0 bridgehead atoms. The van der Waals surface area contributed by atoms with E-state index in [0.717, 1.165) is 145 Å². The lowest BCUT2D eigenvalue weighted by Crippen LogP contribution is -1.95.